The summed E-state index contributed by atoms with van der Waals surface area (Å²) in [5.41, 5.74) is 1.92. The molecule has 0 aliphatic carbocycles. The number of carboxylic acid groups (broad SMARTS) is 1. The fraction of sp³-hybridized carbons (Fsp3) is 0.364. The predicted octanol–water partition coefficient (Wildman–Crippen LogP) is 0.676. The number of carboxylic acids is 1. The summed E-state index contributed by atoms with van der Waals surface area (Å²) in [5.74, 6) is -2.63. The average Bonchev–Trinajstić information content (AvgIpc) is 2.34. The van der Waals surface area contributed by atoms with Crippen molar-refractivity contribution in [3.8, 4) is 0 Å². The normalized spacial score (nSPS) is 14.4. The van der Waals surface area contributed by atoms with Gasteiger partial charge in [0.1, 0.15) is 0 Å². The quantitative estimate of drug-likeness (QED) is 0.756. The highest BCUT2D eigenvalue weighted by Gasteiger charge is 2.53. The molecular weight excluding hydrogens is 279 g/mol. The molecule has 0 saturated carbocycles. The molecule has 0 aromatic carbocycles. The van der Waals surface area contributed by atoms with E-state index in [9.17, 15) is 22.8 Å². The van der Waals surface area contributed by atoms with E-state index in [-0.39, 0.29) is 17.8 Å². The lowest BCUT2D eigenvalue weighted by Gasteiger charge is -2.26. The summed E-state index contributed by atoms with van der Waals surface area (Å²) < 4.78 is 37.5. The number of nitrogens with one attached hydrogen (secondary N) is 1. The Morgan fingerprint density at radius 2 is 2.05 bits per heavy atom. The van der Waals surface area contributed by atoms with Gasteiger partial charge in [-0.1, -0.05) is 0 Å². The van der Waals surface area contributed by atoms with Crippen LogP contribution in [-0.2, 0) is 11.3 Å². The molecule has 1 rings (SSSR count). The minimum atomic E-state index is -4.90. The Kier molecular flexibility index (Phi) is 4.33. The molecule has 110 valence electrons. The maximum absolute atomic E-state index is 12.5. The van der Waals surface area contributed by atoms with Crippen molar-refractivity contribution >= 4 is 11.9 Å². The Hall–Kier alpha value is -2.16. The van der Waals surface area contributed by atoms with Crippen LogP contribution in [0.4, 0.5) is 13.2 Å². The molecular formula is C11H12F3N3O3. The molecule has 0 radical (unpaired) electrons. The second kappa shape index (κ2) is 5.45. The second-order valence-electron chi connectivity index (χ2n) is 4.22. The standard InChI is InChI=1S/C11H12F3N3O3/c1-10(15,11(12,13)14)9(20)17-5-7-4-6(8(18)19)2-3-16-7/h2-4H,5,15H2,1H3,(H,17,20)(H,18,19). The van der Waals surface area contributed by atoms with E-state index >= 15 is 0 Å². The molecule has 0 aliphatic heterocycles. The summed E-state index contributed by atoms with van der Waals surface area (Å²) in [5, 5.41) is 10.7. The van der Waals surface area contributed by atoms with Crippen molar-refractivity contribution in [2.45, 2.75) is 25.2 Å². The second-order valence-corrected chi connectivity index (χ2v) is 4.22. The van der Waals surface area contributed by atoms with Gasteiger partial charge in [0.15, 0.2) is 5.54 Å². The molecule has 1 unspecified atom stereocenters. The van der Waals surface area contributed by atoms with Crippen LogP contribution >= 0.6 is 0 Å². The van der Waals surface area contributed by atoms with Crippen molar-refractivity contribution in [1.29, 1.82) is 0 Å². The first kappa shape index (κ1) is 15.9. The van der Waals surface area contributed by atoms with Crippen LogP contribution in [0, 0.1) is 0 Å². The van der Waals surface area contributed by atoms with Crippen LogP contribution in [0.15, 0.2) is 18.3 Å². The molecule has 0 spiro atoms. The number of carbonyl (C=O) groups is 2. The molecule has 1 aromatic heterocycles. The molecule has 1 aromatic rings. The summed E-state index contributed by atoms with van der Waals surface area (Å²) >= 11 is 0. The molecule has 20 heavy (non-hydrogen) atoms. The van der Waals surface area contributed by atoms with Crippen LogP contribution in [0.25, 0.3) is 0 Å². The Labute approximate surface area is 111 Å². The predicted molar refractivity (Wildman–Crippen MR) is 61.7 cm³/mol. The molecule has 4 N–H and O–H groups in total. The van der Waals surface area contributed by atoms with E-state index < -0.39 is 23.6 Å². The van der Waals surface area contributed by atoms with Crippen molar-refractivity contribution in [1.82, 2.24) is 10.3 Å². The van der Waals surface area contributed by atoms with E-state index in [0.717, 1.165) is 6.07 Å². The zero-order valence-electron chi connectivity index (χ0n) is 10.4. The van der Waals surface area contributed by atoms with Gasteiger partial charge in [-0.2, -0.15) is 13.2 Å². The van der Waals surface area contributed by atoms with Gasteiger partial charge in [0.25, 0.3) is 0 Å². The van der Waals surface area contributed by atoms with Gasteiger partial charge >= 0.3 is 12.1 Å². The number of alkyl halides is 3. The van der Waals surface area contributed by atoms with Gasteiger partial charge in [-0.25, -0.2) is 4.79 Å². The van der Waals surface area contributed by atoms with Crippen LogP contribution < -0.4 is 11.1 Å². The van der Waals surface area contributed by atoms with Crippen LogP contribution in [-0.4, -0.2) is 33.7 Å². The highest BCUT2D eigenvalue weighted by molar-refractivity contribution is 5.88. The number of nitrogens with zero attached hydrogens (tertiary/aromatic N) is 1. The number of halogens is 3. The summed E-state index contributed by atoms with van der Waals surface area (Å²) in [6.07, 6.45) is -3.72. The number of aromatic carboxylic acids is 1. The molecule has 6 nitrogen and oxygen atoms in total. The van der Waals surface area contributed by atoms with Gasteiger partial charge in [0.05, 0.1) is 17.8 Å². The first-order valence-corrected chi connectivity index (χ1v) is 5.38. The zero-order valence-corrected chi connectivity index (χ0v) is 10.4. The van der Waals surface area contributed by atoms with Crippen LogP contribution in [0.5, 0.6) is 0 Å². The molecule has 0 saturated heterocycles. The van der Waals surface area contributed by atoms with Gasteiger partial charge in [0, 0.05) is 6.20 Å². The van der Waals surface area contributed by atoms with E-state index in [4.69, 9.17) is 10.8 Å². The Balaban J connectivity index is 2.75. The van der Waals surface area contributed by atoms with E-state index in [0.29, 0.717) is 6.92 Å². The smallest absolute Gasteiger partial charge is 0.415 e. The Bertz CT molecular complexity index is 529. The number of carbonyl (C=O) groups excluding carboxylic acids is 1. The molecule has 1 amide bonds. The minimum absolute atomic E-state index is 0.0874. The summed E-state index contributed by atoms with van der Waals surface area (Å²) in [6, 6.07) is 2.36. The van der Waals surface area contributed by atoms with Gasteiger partial charge in [-0.05, 0) is 19.1 Å². The van der Waals surface area contributed by atoms with E-state index in [1.165, 1.54) is 12.3 Å². The van der Waals surface area contributed by atoms with Crippen LogP contribution in [0.3, 0.4) is 0 Å². The number of pyridine rings is 1. The van der Waals surface area contributed by atoms with Crippen molar-refractivity contribution in [3.63, 3.8) is 0 Å². The highest BCUT2D eigenvalue weighted by atomic mass is 19.4. The summed E-state index contributed by atoms with van der Waals surface area (Å²) in [6.45, 7) is 0.187. The largest absolute Gasteiger partial charge is 0.478 e. The van der Waals surface area contributed by atoms with Gasteiger partial charge < -0.3 is 16.2 Å². The first-order chi connectivity index (χ1) is 9.05. The third-order valence-corrected chi connectivity index (χ3v) is 2.55. The number of aromatic nitrogens is 1. The van der Waals surface area contributed by atoms with Gasteiger partial charge in [0.2, 0.25) is 5.91 Å². The zero-order chi connectivity index (χ0) is 15.6. The van der Waals surface area contributed by atoms with E-state index in [1.807, 2.05) is 5.32 Å². The van der Waals surface area contributed by atoms with Crippen molar-refractivity contribution < 1.29 is 27.9 Å². The third-order valence-electron chi connectivity index (χ3n) is 2.55. The van der Waals surface area contributed by atoms with Gasteiger partial charge in [-0.15, -0.1) is 0 Å². The maximum Gasteiger partial charge on any atom is 0.415 e. The monoisotopic (exact) mass is 291 g/mol. The van der Waals surface area contributed by atoms with Crippen LogP contribution in [0.2, 0.25) is 0 Å². The molecule has 0 bridgehead atoms. The lowest BCUT2D eigenvalue weighted by atomic mass is 10.0. The number of nitrogens with two attached hydrogens (primary N) is 1. The Morgan fingerprint density at radius 3 is 2.55 bits per heavy atom. The lowest BCUT2D eigenvalue weighted by Crippen LogP contribution is -2.61. The topological polar surface area (TPSA) is 105 Å². The van der Waals surface area contributed by atoms with Crippen LogP contribution in [0.1, 0.15) is 23.0 Å². The number of hydrogen-bond acceptors (Lipinski definition) is 4. The number of hydrogen-bond donors (Lipinski definition) is 3. The molecule has 1 atom stereocenters. The number of rotatable bonds is 4. The van der Waals surface area contributed by atoms with E-state index in [2.05, 4.69) is 4.98 Å². The highest BCUT2D eigenvalue weighted by Crippen LogP contribution is 2.27. The van der Waals surface area contributed by atoms with E-state index in [1.54, 1.807) is 0 Å². The fourth-order valence-electron chi connectivity index (χ4n) is 1.19. The minimum Gasteiger partial charge on any atom is -0.478 e. The molecule has 0 fully saturated rings. The third kappa shape index (κ3) is 3.44. The number of amides is 1. The summed E-state index contributed by atoms with van der Waals surface area (Å²) in [7, 11) is 0. The van der Waals surface area contributed by atoms with Crippen molar-refractivity contribution in [3.05, 3.63) is 29.6 Å². The molecule has 1 heterocycles. The first-order valence-electron chi connectivity index (χ1n) is 5.38. The maximum atomic E-state index is 12.5. The van der Waals surface area contributed by atoms with Crippen molar-refractivity contribution in [2.75, 3.05) is 0 Å². The summed E-state index contributed by atoms with van der Waals surface area (Å²) in [4.78, 5) is 25.8. The average molecular weight is 291 g/mol. The fourth-order valence-corrected chi connectivity index (χ4v) is 1.19. The Morgan fingerprint density at radius 1 is 1.45 bits per heavy atom. The SMILES string of the molecule is CC(N)(C(=O)NCc1cc(C(=O)O)ccn1)C(F)(F)F. The lowest BCUT2D eigenvalue weighted by molar-refractivity contribution is -0.187. The molecule has 0 aliphatic rings. The van der Waals surface area contributed by atoms with Gasteiger partial charge in [-0.3, -0.25) is 9.78 Å². The molecule has 9 heteroatoms. The van der Waals surface area contributed by atoms with Crippen molar-refractivity contribution in [2.24, 2.45) is 5.73 Å².